The highest BCUT2D eigenvalue weighted by atomic mass is 16.5. The third kappa shape index (κ3) is 3.61. The number of methoxy groups -OCH3 is 1. The van der Waals surface area contributed by atoms with Gasteiger partial charge < -0.3 is 15.4 Å². The maximum Gasteiger partial charge on any atom is 0.227 e. The molecule has 0 spiro atoms. The number of carbonyl (C=O) groups excluding carboxylic acids is 3. The Labute approximate surface area is 159 Å². The van der Waals surface area contributed by atoms with Gasteiger partial charge in [-0.2, -0.15) is 0 Å². The molecule has 2 aliphatic carbocycles. The molecule has 3 rings (SSSR count). The number of ketones is 1. The Morgan fingerprint density at radius 1 is 1.22 bits per heavy atom. The first-order chi connectivity index (χ1) is 12.9. The Morgan fingerprint density at radius 2 is 1.93 bits per heavy atom. The molecule has 3 atom stereocenters. The van der Waals surface area contributed by atoms with Crippen molar-refractivity contribution in [2.75, 3.05) is 20.2 Å². The number of rotatable bonds is 5. The van der Waals surface area contributed by atoms with Crippen LogP contribution in [0.25, 0.3) is 0 Å². The van der Waals surface area contributed by atoms with Crippen LogP contribution in [0.1, 0.15) is 37.3 Å². The molecule has 144 valence electrons. The standard InChI is InChI=1S/C21H26N2O4/c1-13(24)22-8-9-23-20(26)17-11-19(27-3)18(25)10-16-15-7-5-4-6-14(15)12-21(16,17)2/h4-7,11,16-17H,8-10,12H2,1-3H3,(H,22,24)(H,23,26)/t16-,17+,21-/m0/s1. The van der Waals surface area contributed by atoms with E-state index in [1.54, 1.807) is 6.08 Å². The highest BCUT2D eigenvalue weighted by molar-refractivity contribution is 5.96. The van der Waals surface area contributed by atoms with E-state index in [9.17, 15) is 14.4 Å². The van der Waals surface area contributed by atoms with Crippen molar-refractivity contribution in [3.63, 3.8) is 0 Å². The molecule has 0 heterocycles. The highest BCUT2D eigenvalue weighted by Crippen LogP contribution is 2.55. The van der Waals surface area contributed by atoms with Gasteiger partial charge in [0.05, 0.1) is 13.0 Å². The number of nitrogens with one attached hydrogen (secondary N) is 2. The molecule has 2 amide bonds. The molecule has 0 saturated heterocycles. The zero-order chi connectivity index (χ0) is 19.6. The van der Waals surface area contributed by atoms with Crippen molar-refractivity contribution in [2.45, 2.75) is 32.6 Å². The number of carbonyl (C=O) groups is 3. The third-order valence-electron chi connectivity index (χ3n) is 5.79. The van der Waals surface area contributed by atoms with Crippen LogP contribution >= 0.6 is 0 Å². The van der Waals surface area contributed by atoms with Gasteiger partial charge in [0, 0.05) is 26.4 Å². The number of Topliss-reactive ketones (excluding diaryl/α,β-unsaturated/α-hetero) is 1. The molecular formula is C21H26N2O4. The van der Waals surface area contributed by atoms with Crippen molar-refractivity contribution >= 4 is 17.6 Å². The van der Waals surface area contributed by atoms with E-state index in [-0.39, 0.29) is 29.3 Å². The molecule has 0 fully saturated rings. The summed E-state index contributed by atoms with van der Waals surface area (Å²) in [6.07, 6.45) is 2.75. The number of hydrogen-bond donors (Lipinski definition) is 2. The van der Waals surface area contributed by atoms with Gasteiger partial charge in [-0.3, -0.25) is 14.4 Å². The summed E-state index contributed by atoms with van der Waals surface area (Å²) in [4.78, 5) is 36.7. The van der Waals surface area contributed by atoms with Gasteiger partial charge in [-0.15, -0.1) is 0 Å². The van der Waals surface area contributed by atoms with Gasteiger partial charge in [-0.05, 0) is 35.0 Å². The summed E-state index contributed by atoms with van der Waals surface area (Å²) in [5, 5.41) is 5.56. The molecule has 2 aliphatic rings. The summed E-state index contributed by atoms with van der Waals surface area (Å²) >= 11 is 0. The zero-order valence-corrected chi connectivity index (χ0v) is 16.0. The zero-order valence-electron chi connectivity index (χ0n) is 16.0. The van der Waals surface area contributed by atoms with Crippen molar-refractivity contribution in [1.29, 1.82) is 0 Å². The van der Waals surface area contributed by atoms with Crippen LogP contribution in [0.5, 0.6) is 0 Å². The minimum atomic E-state index is -0.492. The lowest BCUT2D eigenvalue weighted by molar-refractivity contribution is -0.128. The lowest BCUT2D eigenvalue weighted by Crippen LogP contribution is -2.43. The fraction of sp³-hybridized carbons (Fsp3) is 0.476. The number of fused-ring (bicyclic) bond motifs is 3. The van der Waals surface area contributed by atoms with Crippen LogP contribution in [0.15, 0.2) is 36.1 Å². The van der Waals surface area contributed by atoms with Crippen LogP contribution in [-0.4, -0.2) is 37.8 Å². The molecule has 1 aromatic rings. The van der Waals surface area contributed by atoms with Crippen LogP contribution in [0, 0.1) is 11.3 Å². The van der Waals surface area contributed by atoms with E-state index >= 15 is 0 Å². The Kier molecular flexibility index (Phi) is 5.35. The fourth-order valence-corrected chi connectivity index (χ4v) is 4.41. The summed E-state index contributed by atoms with van der Waals surface area (Å²) in [6.45, 7) is 4.23. The Balaban J connectivity index is 1.89. The second kappa shape index (κ2) is 7.55. The molecule has 27 heavy (non-hydrogen) atoms. The first-order valence-corrected chi connectivity index (χ1v) is 9.25. The summed E-state index contributed by atoms with van der Waals surface area (Å²) in [5.74, 6) is -0.622. The molecule has 0 bridgehead atoms. The molecular weight excluding hydrogens is 344 g/mol. The Morgan fingerprint density at radius 3 is 2.63 bits per heavy atom. The lowest BCUT2D eigenvalue weighted by atomic mass is 9.67. The molecule has 6 heteroatoms. The van der Waals surface area contributed by atoms with Gasteiger partial charge in [-0.1, -0.05) is 31.2 Å². The van der Waals surface area contributed by atoms with Crippen LogP contribution in [0.3, 0.4) is 0 Å². The first kappa shape index (κ1) is 19.1. The largest absolute Gasteiger partial charge is 0.493 e. The molecule has 0 saturated carbocycles. The number of hydrogen-bond acceptors (Lipinski definition) is 4. The Bertz CT molecular complexity index is 801. The predicted octanol–water partition coefficient (Wildman–Crippen LogP) is 1.70. The van der Waals surface area contributed by atoms with Gasteiger partial charge in [0.1, 0.15) is 0 Å². The minimum absolute atomic E-state index is 0.0313. The SMILES string of the molecule is COC1=C[C@H](C(=O)NCCNC(C)=O)[C@@]2(C)Cc3ccccc3[C@@H]2CC1=O. The molecule has 1 aromatic carbocycles. The van der Waals surface area contributed by atoms with E-state index in [1.807, 2.05) is 12.1 Å². The molecule has 2 N–H and O–H groups in total. The summed E-state index contributed by atoms with van der Waals surface area (Å²) in [6, 6.07) is 8.11. The van der Waals surface area contributed by atoms with Crippen LogP contribution in [0.4, 0.5) is 0 Å². The van der Waals surface area contributed by atoms with Crippen molar-refractivity contribution < 1.29 is 19.1 Å². The maximum absolute atomic E-state index is 13.0. The van der Waals surface area contributed by atoms with Crippen molar-refractivity contribution in [3.8, 4) is 0 Å². The molecule has 6 nitrogen and oxygen atoms in total. The molecule has 0 aliphatic heterocycles. The van der Waals surface area contributed by atoms with E-state index in [0.29, 0.717) is 19.5 Å². The number of benzene rings is 1. The average Bonchev–Trinajstić information content (AvgIpc) is 2.85. The van der Waals surface area contributed by atoms with E-state index < -0.39 is 11.3 Å². The van der Waals surface area contributed by atoms with Crippen LogP contribution in [-0.2, 0) is 25.5 Å². The normalized spacial score (nSPS) is 26.3. The van der Waals surface area contributed by atoms with E-state index in [0.717, 1.165) is 12.0 Å². The first-order valence-electron chi connectivity index (χ1n) is 9.25. The van der Waals surface area contributed by atoms with E-state index in [1.165, 1.54) is 19.6 Å². The van der Waals surface area contributed by atoms with Crippen molar-refractivity contribution in [1.82, 2.24) is 10.6 Å². The molecule has 0 radical (unpaired) electrons. The molecule has 0 unspecified atom stereocenters. The van der Waals surface area contributed by atoms with Crippen molar-refractivity contribution in [3.05, 3.63) is 47.2 Å². The third-order valence-corrected chi connectivity index (χ3v) is 5.79. The van der Waals surface area contributed by atoms with Gasteiger partial charge in [0.25, 0.3) is 0 Å². The van der Waals surface area contributed by atoms with Gasteiger partial charge >= 0.3 is 0 Å². The van der Waals surface area contributed by atoms with Gasteiger partial charge in [-0.25, -0.2) is 0 Å². The van der Waals surface area contributed by atoms with Gasteiger partial charge in [0.15, 0.2) is 11.5 Å². The topological polar surface area (TPSA) is 84.5 Å². The van der Waals surface area contributed by atoms with Crippen LogP contribution < -0.4 is 10.6 Å². The van der Waals surface area contributed by atoms with Crippen molar-refractivity contribution in [2.24, 2.45) is 11.3 Å². The second-order valence-electron chi connectivity index (χ2n) is 7.55. The predicted molar refractivity (Wildman–Crippen MR) is 101 cm³/mol. The fourth-order valence-electron chi connectivity index (χ4n) is 4.41. The highest BCUT2D eigenvalue weighted by Gasteiger charge is 2.52. The summed E-state index contributed by atoms with van der Waals surface area (Å²) < 4.78 is 5.29. The summed E-state index contributed by atoms with van der Waals surface area (Å²) in [5.41, 5.74) is 1.94. The smallest absolute Gasteiger partial charge is 0.227 e. The van der Waals surface area contributed by atoms with E-state index in [4.69, 9.17) is 4.74 Å². The second-order valence-corrected chi connectivity index (χ2v) is 7.55. The average molecular weight is 370 g/mol. The minimum Gasteiger partial charge on any atom is -0.493 e. The van der Waals surface area contributed by atoms with Crippen LogP contribution in [0.2, 0.25) is 0 Å². The number of ether oxygens (including phenoxy) is 1. The monoisotopic (exact) mass is 370 g/mol. The molecule has 0 aromatic heterocycles. The summed E-state index contributed by atoms with van der Waals surface area (Å²) in [7, 11) is 1.47. The Hall–Kier alpha value is -2.63. The lowest BCUT2D eigenvalue weighted by Gasteiger charge is -2.35. The van der Waals surface area contributed by atoms with E-state index in [2.05, 4.69) is 29.7 Å². The number of allylic oxidation sites excluding steroid dienone is 1. The van der Waals surface area contributed by atoms with Gasteiger partial charge in [0.2, 0.25) is 11.8 Å². The number of amides is 2. The quantitative estimate of drug-likeness (QED) is 0.773. The maximum atomic E-state index is 13.0.